The van der Waals surface area contributed by atoms with Crippen molar-refractivity contribution < 1.29 is 22.1 Å². The molecule has 7 nitrogen and oxygen atoms in total. The van der Waals surface area contributed by atoms with Crippen molar-refractivity contribution in [1.29, 1.82) is 0 Å². The number of hydrogen-bond acceptors (Lipinski definition) is 5. The van der Waals surface area contributed by atoms with Crippen LogP contribution < -0.4 is 5.32 Å². The van der Waals surface area contributed by atoms with Gasteiger partial charge >= 0.3 is 0 Å². The van der Waals surface area contributed by atoms with Crippen molar-refractivity contribution in [2.75, 3.05) is 12.8 Å². The Morgan fingerprint density at radius 3 is 2.96 bits per heavy atom. The van der Waals surface area contributed by atoms with Gasteiger partial charge in [0.1, 0.15) is 17.6 Å². The summed E-state index contributed by atoms with van der Waals surface area (Å²) in [5.41, 5.74) is 1.03. The first-order valence-electron chi connectivity index (χ1n) is 7.80. The molecule has 1 atom stereocenters. The monoisotopic (exact) mass is 367 g/mol. The van der Waals surface area contributed by atoms with E-state index in [1.165, 1.54) is 16.4 Å². The van der Waals surface area contributed by atoms with Crippen LogP contribution in [0.2, 0.25) is 0 Å². The Morgan fingerprint density at radius 1 is 1.44 bits per heavy atom. The minimum Gasteiger partial charge on any atom is -0.359 e. The second-order valence-corrected chi connectivity index (χ2v) is 7.87. The molecule has 0 radical (unpaired) electrons. The largest absolute Gasteiger partial charge is 0.359 e. The Labute approximate surface area is 144 Å². The van der Waals surface area contributed by atoms with Gasteiger partial charge in [0.25, 0.3) is 0 Å². The van der Waals surface area contributed by atoms with Crippen LogP contribution in [-0.2, 0) is 21.4 Å². The molecular formula is C16H18FN3O4S. The summed E-state index contributed by atoms with van der Waals surface area (Å²) in [6, 6.07) is 6.85. The highest BCUT2D eigenvalue weighted by Crippen LogP contribution is 2.22. The van der Waals surface area contributed by atoms with Crippen LogP contribution in [0.5, 0.6) is 0 Å². The molecule has 1 aromatic heterocycles. The van der Waals surface area contributed by atoms with Gasteiger partial charge < -0.3 is 9.84 Å². The zero-order valence-electron chi connectivity index (χ0n) is 13.6. The summed E-state index contributed by atoms with van der Waals surface area (Å²) in [5, 5.41) is 6.52. The molecule has 0 bridgehead atoms. The number of aromatic nitrogens is 1. The van der Waals surface area contributed by atoms with E-state index in [2.05, 4.69) is 10.5 Å². The Morgan fingerprint density at radius 2 is 2.24 bits per heavy atom. The summed E-state index contributed by atoms with van der Waals surface area (Å²) in [6.07, 6.45) is 2.24. The number of rotatable bonds is 5. The molecular weight excluding hydrogens is 349 g/mol. The van der Waals surface area contributed by atoms with Gasteiger partial charge in [0.2, 0.25) is 15.9 Å². The summed E-state index contributed by atoms with van der Waals surface area (Å²) >= 11 is 0. The fraction of sp³-hybridized carbons (Fsp3) is 0.375. The van der Waals surface area contributed by atoms with Crippen molar-refractivity contribution in [3.63, 3.8) is 0 Å². The standard InChI is InChI=1S/C16H18FN3O4S/c1-25(22,23)20-7-3-6-15(20)16(21)18-10-13-9-14(19-24-13)11-4-2-5-12(17)8-11/h2,4-5,8-9,15H,3,6-7,10H2,1H3,(H,18,21)/t15-/m0/s1. The predicted molar refractivity (Wildman–Crippen MR) is 88.3 cm³/mol. The van der Waals surface area contributed by atoms with Gasteiger partial charge in [0.15, 0.2) is 5.76 Å². The zero-order chi connectivity index (χ0) is 18.0. The molecule has 3 rings (SSSR count). The topological polar surface area (TPSA) is 92.5 Å². The van der Waals surface area contributed by atoms with E-state index in [0.717, 1.165) is 6.26 Å². The summed E-state index contributed by atoms with van der Waals surface area (Å²) in [4.78, 5) is 12.3. The number of amides is 1. The van der Waals surface area contributed by atoms with Crippen molar-refractivity contribution in [2.45, 2.75) is 25.4 Å². The second-order valence-electron chi connectivity index (χ2n) is 5.94. The maximum Gasteiger partial charge on any atom is 0.238 e. The molecule has 1 amide bonds. The van der Waals surface area contributed by atoms with E-state index in [4.69, 9.17) is 4.52 Å². The molecule has 1 aromatic carbocycles. The van der Waals surface area contributed by atoms with Crippen molar-refractivity contribution in [2.24, 2.45) is 0 Å². The molecule has 0 spiro atoms. The number of carbonyl (C=O) groups is 1. The van der Waals surface area contributed by atoms with Crippen molar-refractivity contribution in [3.8, 4) is 11.3 Å². The highest BCUT2D eigenvalue weighted by Gasteiger charge is 2.36. The minimum absolute atomic E-state index is 0.0786. The van der Waals surface area contributed by atoms with Crippen molar-refractivity contribution in [1.82, 2.24) is 14.8 Å². The van der Waals surface area contributed by atoms with Gasteiger partial charge in [-0.2, -0.15) is 4.31 Å². The number of nitrogens with one attached hydrogen (secondary N) is 1. The molecule has 9 heteroatoms. The van der Waals surface area contributed by atoms with Crippen LogP contribution in [0.1, 0.15) is 18.6 Å². The Kier molecular flexibility index (Phi) is 4.87. The number of nitrogens with zero attached hydrogens (tertiary/aromatic N) is 2. The summed E-state index contributed by atoms with van der Waals surface area (Å²) < 4.78 is 43.0. The summed E-state index contributed by atoms with van der Waals surface area (Å²) in [5.74, 6) is -0.347. The molecule has 0 unspecified atom stereocenters. The van der Waals surface area contributed by atoms with Crippen LogP contribution in [0.3, 0.4) is 0 Å². The van der Waals surface area contributed by atoms with Gasteiger partial charge in [-0.15, -0.1) is 0 Å². The smallest absolute Gasteiger partial charge is 0.238 e. The van der Waals surface area contributed by atoms with Crippen LogP contribution >= 0.6 is 0 Å². The van der Waals surface area contributed by atoms with Gasteiger partial charge in [-0.1, -0.05) is 17.3 Å². The van der Waals surface area contributed by atoms with Crippen LogP contribution in [-0.4, -0.2) is 42.6 Å². The number of carbonyl (C=O) groups excluding carboxylic acids is 1. The first-order valence-corrected chi connectivity index (χ1v) is 9.65. The lowest BCUT2D eigenvalue weighted by Crippen LogP contribution is -2.45. The minimum atomic E-state index is -3.41. The van der Waals surface area contributed by atoms with Crippen LogP contribution in [0.4, 0.5) is 4.39 Å². The van der Waals surface area contributed by atoms with E-state index in [1.807, 2.05) is 0 Å². The first-order chi connectivity index (χ1) is 11.8. The molecule has 1 aliphatic heterocycles. The number of benzene rings is 1. The molecule has 2 heterocycles. The Bertz CT molecular complexity index is 881. The third-order valence-electron chi connectivity index (χ3n) is 4.05. The van der Waals surface area contributed by atoms with Gasteiger partial charge in [-0.25, -0.2) is 12.8 Å². The third kappa shape index (κ3) is 4.05. The summed E-state index contributed by atoms with van der Waals surface area (Å²) in [6.45, 7) is 0.429. The lowest BCUT2D eigenvalue weighted by Gasteiger charge is -2.20. The van der Waals surface area contributed by atoms with E-state index in [-0.39, 0.29) is 18.3 Å². The lowest BCUT2D eigenvalue weighted by atomic mass is 10.1. The van der Waals surface area contributed by atoms with Gasteiger partial charge in [0.05, 0.1) is 12.8 Å². The highest BCUT2D eigenvalue weighted by atomic mass is 32.2. The van der Waals surface area contributed by atoms with Crippen LogP contribution in [0.15, 0.2) is 34.9 Å². The number of hydrogen-bond donors (Lipinski definition) is 1. The normalized spacial score (nSPS) is 18.4. The zero-order valence-corrected chi connectivity index (χ0v) is 14.4. The molecule has 0 saturated carbocycles. The maximum atomic E-state index is 13.3. The van der Waals surface area contributed by atoms with Crippen molar-refractivity contribution in [3.05, 3.63) is 41.9 Å². The van der Waals surface area contributed by atoms with Crippen LogP contribution in [0.25, 0.3) is 11.3 Å². The molecule has 134 valence electrons. The molecule has 0 aliphatic carbocycles. The Balaban J connectivity index is 1.63. The Hall–Kier alpha value is -2.26. The number of sulfonamides is 1. The van der Waals surface area contributed by atoms with Gasteiger partial charge in [-0.3, -0.25) is 4.79 Å². The average Bonchev–Trinajstić information content (AvgIpc) is 3.21. The fourth-order valence-corrected chi connectivity index (χ4v) is 4.00. The van der Waals surface area contributed by atoms with E-state index in [1.54, 1.807) is 18.2 Å². The lowest BCUT2D eigenvalue weighted by molar-refractivity contribution is -0.124. The molecule has 2 aromatic rings. The SMILES string of the molecule is CS(=O)(=O)N1CCC[C@H]1C(=O)NCc1cc(-c2cccc(F)c2)no1. The summed E-state index contributed by atoms with van der Waals surface area (Å²) in [7, 11) is -3.41. The average molecular weight is 367 g/mol. The molecule has 25 heavy (non-hydrogen) atoms. The quantitative estimate of drug-likeness (QED) is 0.865. The van der Waals surface area contributed by atoms with Crippen molar-refractivity contribution >= 4 is 15.9 Å². The molecule has 1 aliphatic rings. The van der Waals surface area contributed by atoms with E-state index in [9.17, 15) is 17.6 Å². The maximum absolute atomic E-state index is 13.3. The van der Waals surface area contributed by atoms with Gasteiger partial charge in [-0.05, 0) is 25.0 Å². The van der Waals surface area contributed by atoms with Gasteiger partial charge in [0, 0.05) is 18.2 Å². The highest BCUT2D eigenvalue weighted by molar-refractivity contribution is 7.88. The second kappa shape index (κ2) is 6.93. The molecule has 1 N–H and O–H groups in total. The van der Waals surface area contributed by atoms with E-state index >= 15 is 0 Å². The van der Waals surface area contributed by atoms with E-state index in [0.29, 0.717) is 36.4 Å². The van der Waals surface area contributed by atoms with Crippen LogP contribution in [0, 0.1) is 5.82 Å². The predicted octanol–water partition coefficient (Wildman–Crippen LogP) is 1.52. The fourth-order valence-electron chi connectivity index (χ4n) is 2.87. The first kappa shape index (κ1) is 17.6. The molecule has 1 saturated heterocycles. The third-order valence-corrected chi connectivity index (χ3v) is 5.34. The molecule has 1 fully saturated rings. The van der Waals surface area contributed by atoms with E-state index < -0.39 is 16.1 Å². The number of halogens is 1.